The van der Waals surface area contributed by atoms with Gasteiger partial charge in [-0.15, -0.1) is 0 Å². The Morgan fingerprint density at radius 1 is 1.20 bits per heavy atom. The van der Waals surface area contributed by atoms with Gasteiger partial charge in [0.25, 0.3) is 11.9 Å². The third-order valence-corrected chi connectivity index (χ3v) is 6.66. The van der Waals surface area contributed by atoms with E-state index in [-0.39, 0.29) is 24.2 Å². The molecule has 3 N–H and O–H groups in total. The molecule has 35 heavy (non-hydrogen) atoms. The summed E-state index contributed by atoms with van der Waals surface area (Å²) >= 11 is 0. The minimum absolute atomic E-state index is 0.0671. The van der Waals surface area contributed by atoms with Crippen molar-refractivity contribution in [2.75, 3.05) is 31.7 Å². The van der Waals surface area contributed by atoms with Crippen molar-refractivity contribution in [1.29, 1.82) is 0 Å². The zero-order valence-corrected chi connectivity index (χ0v) is 18.8. The number of nitrogens with two attached hydrogens (primary N) is 1. The lowest BCUT2D eigenvalue weighted by Crippen LogP contribution is -2.71. The van der Waals surface area contributed by atoms with Crippen LogP contribution in [0, 0.1) is 5.41 Å². The van der Waals surface area contributed by atoms with E-state index in [4.69, 9.17) is 24.9 Å². The third kappa shape index (κ3) is 3.70. The predicted octanol–water partition coefficient (Wildman–Crippen LogP) is 2.40. The number of aromatic nitrogens is 2. The molecule has 3 aliphatic rings. The van der Waals surface area contributed by atoms with E-state index >= 15 is 0 Å². The monoisotopic (exact) mass is 493 g/mol. The van der Waals surface area contributed by atoms with Crippen LogP contribution >= 0.6 is 0 Å². The number of nitrogens with zero attached hydrogens (tertiary/aromatic N) is 3. The van der Waals surface area contributed by atoms with E-state index in [1.54, 1.807) is 18.2 Å². The predicted molar refractivity (Wildman–Crippen MR) is 115 cm³/mol. The summed E-state index contributed by atoms with van der Waals surface area (Å²) in [5.74, 6) is -0.379. The Bertz CT molecular complexity index is 1200. The first-order chi connectivity index (χ1) is 16.4. The Hall–Kier alpha value is -3.61. The number of carbonyl (C=O) groups is 1. The van der Waals surface area contributed by atoms with Crippen LogP contribution in [0.1, 0.15) is 29.9 Å². The molecule has 186 valence electrons. The number of benzene rings is 1. The molecule has 2 aromatic rings. The lowest BCUT2D eigenvalue weighted by Gasteiger charge is -2.61. The van der Waals surface area contributed by atoms with Crippen molar-refractivity contribution in [3.63, 3.8) is 0 Å². The minimum Gasteiger partial charge on any atom is -0.487 e. The maximum atomic E-state index is 12.7. The van der Waals surface area contributed by atoms with Crippen molar-refractivity contribution >= 4 is 17.6 Å². The highest BCUT2D eigenvalue weighted by Crippen LogP contribution is 2.62. The number of hydrogen-bond acceptors (Lipinski definition) is 9. The van der Waals surface area contributed by atoms with E-state index in [0.29, 0.717) is 30.2 Å². The number of anilines is 1. The Morgan fingerprint density at radius 3 is 2.54 bits per heavy atom. The normalized spacial score (nSPS) is 23.5. The second kappa shape index (κ2) is 7.70. The van der Waals surface area contributed by atoms with E-state index in [0.717, 1.165) is 12.4 Å². The van der Waals surface area contributed by atoms with Gasteiger partial charge in [-0.2, -0.15) is 13.2 Å². The highest BCUT2D eigenvalue weighted by molar-refractivity contribution is 6.02. The molecule has 0 aliphatic carbocycles. The quantitative estimate of drug-likeness (QED) is 0.664. The zero-order chi connectivity index (χ0) is 25.1. The first-order valence-electron chi connectivity index (χ1n) is 10.7. The molecule has 1 atom stereocenters. The largest absolute Gasteiger partial charge is 0.487 e. The molecule has 1 amide bonds. The first-order valence-corrected chi connectivity index (χ1v) is 10.7. The number of amidine groups is 1. The number of rotatable bonds is 4. The van der Waals surface area contributed by atoms with Crippen molar-refractivity contribution in [3.8, 4) is 11.6 Å². The Kier molecular flexibility index (Phi) is 5.09. The van der Waals surface area contributed by atoms with Gasteiger partial charge < -0.3 is 30.0 Å². The van der Waals surface area contributed by atoms with Crippen molar-refractivity contribution in [1.82, 2.24) is 9.97 Å². The van der Waals surface area contributed by atoms with Gasteiger partial charge in [-0.05, 0) is 32.0 Å². The average Bonchev–Trinajstić information content (AvgIpc) is 3.13. The highest BCUT2D eigenvalue weighted by Gasteiger charge is 2.71. The fraction of sp³-hybridized carbons (Fsp3) is 0.455. The maximum Gasteiger partial charge on any atom is 0.422 e. The number of nitrogens with one attached hydrogen (secondary N) is 1. The van der Waals surface area contributed by atoms with Crippen LogP contribution in [-0.4, -0.2) is 60.1 Å². The van der Waals surface area contributed by atoms with Gasteiger partial charge >= 0.3 is 6.18 Å². The molecule has 1 aromatic heterocycles. The molecular formula is C22H22F3N5O5. The molecule has 0 radical (unpaired) electrons. The summed E-state index contributed by atoms with van der Waals surface area (Å²) in [5.41, 5.74) is 4.90. The number of hydrogen-bond donors (Lipinski definition) is 2. The molecule has 1 unspecified atom stereocenters. The summed E-state index contributed by atoms with van der Waals surface area (Å²) < 4.78 is 58.9. The number of alkyl halides is 3. The standard InChI is InChI=1S/C22H22F3N5O5/c1-19(2)20(8-32-9-20)21(10-34-18(26)30-21)13-5-12(3-4-15(13)35-19)29-17(31)14-6-28-16(7-27-14)33-11-22(23,24)25/h3-7H,8-11H2,1-2H3,(H2,26,30)(H,29,31). The zero-order valence-electron chi connectivity index (χ0n) is 18.8. The molecule has 5 rings (SSSR count). The fourth-order valence-corrected chi connectivity index (χ4v) is 4.71. The number of ether oxygens (including phenoxy) is 4. The van der Waals surface area contributed by atoms with Crippen molar-refractivity contribution in [2.45, 2.75) is 31.2 Å². The minimum atomic E-state index is -4.51. The van der Waals surface area contributed by atoms with E-state index in [2.05, 4.69) is 20.0 Å². The van der Waals surface area contributed by atoms with E-state index < -0.39 is 35.2 Å². The molecule has 1 fully saturated rings. The van der Waals surface area contributed by atoms with Crippen LogP contribution in [0.4, 0.5) is 18.9 Å². The van der Waals surface area contributed by atoms with Crippen LogP contribution < -0.4 is 20.5 Å². The number of aliphatic imine (C=N–C) groups is 1. The van der Waals surface area contributed by atoms with Crippen LogP contribution in [0.2, 0.25) is 0 Å². The van der Waals surface area contributed by atoms with Gasteiger partial charge in [0, 0.05) is 11.3 Å². The van der Waals surface area contributed by atoms with Gasteiger partial charge in [-0.25, -0.2) is 15.0 Å². The van der Waals surface area contributed by atoms with Crippen LogP contribution in [0.5, 0.6) is 11.6 Å². The second-order valence-electron chi connectivity index (χ2n) is 9.10. The van der Waals surface area contributed by atoms with Crippen LogP contribution in [-0.2, 0) is 15.0 Å². The molecule has 1 saturated heterocycles. The lowest BCUT2D eigenvalue weighted by atomic mass is 9.55. The summed E-state index contributed by atoms with van der Waals surface area (Å²) in [6.07, 6.45) is -2.53. The smallest absolute Gasteiger partial charge is 0.422 e. The lowest BCUT2D eigenvalue weighted by molar-refractivity contribution is -0.247. The Morgan fingerprint density at radius 2 is 1.97 bits per heavy atom. The Labute approximate surface area is 197 Å². The SMILES string of the molecule is CC1(C)Oc2ccc(NC(=O)c3cnc(OCC(F)(F)F)cn3)cc2C2(COC(N)=N2)C12COC2. The molecule has 1 aromatic carbocycles. The molecule has 4 heterocycles. The Balaban J connectivity index is 1.41. The van der Waals surface area contributed by atoms with Crippen molar-refractivity contribution in [3.05, 3.63) is 41.9 Å². The van der Waals surface area contributed by atoms with Gasteiger partial charge in [-0.1, -0.05) is 0 Å². The third-order valence-electron chi connectivity index (χ3n) is 6.66. The molecule has 10 nitrogen and oxygen atoms in total. The van der Waals surface area contributed by atoms with Crippen molar-refractivity contribution in [2.24, 2.45) is 16.1 Å². The highest BCUT2D eigenvalue weighted by atomic mass is 19.4. The van der Waals surface area contributed by atoms with Gasteiger partial charge in [0.1, 0.15) is 29.2 Å². The van der Waals surface area contributed by atoms with Crippen LogP contribution in [0.3, 0.4) is 0 Å². The first kappa shape index (κ1) is 23.1. The summed E-state index contributed by atoms with van der Waals surface area (Å²) in [7, 11) is 0. The summed E-state index contributed by atoms with van der Waals surface area (Å²) in [6.45, 7) is 3.43. The van der Waals surface area contributed by atoms with Gasteiger partial charge in [0.05, 0.1) is 31.0 Å². The van der Waals surface area contributed by atoms with Crippen LogP contribution in [0.25, 0.3) is 0 Å². The van der Waals surface area contributed by atoms with E-state index in [1.807, 2.05) is 13.8 Å². The second-order valence-corrected chi connectivity index (χ2v) is 9.10. The summed E-state index contributed by atoms with van der Waals surface area (Å²) in [4.78, 5) is 25.0. The maximum absolute atomic E-state index is 12.7. The number of fused-ring (bicyclic) bond motifs is 3. The van der Waals surface area contributed by atoms with E-state index in [9.17, 15) is 18.0 Å². The van der Waals surface area contributed by atoms with E-state index in [1.165, 1.54) is 0 Å². The van der Waals surface area contributed by atoms with Crippen LogP contribution in [0.15, 0.2) is 35.6 Å². The molecule has 13 heteroatoms. The number of carbonyl (C=O) groups excluding carboxylic acids is 1. The molecule has 0 bridgehead atoms. The molecule has 2 spiro atoms. The number of halogens is 3. The van der Waals surface area contributed by atoms with Crippen molar-refractivity contribution < 1.29 is 36.9 Å². The van der Waals surface area contributed by atoms with Gasteiger partial charge in [-0.3, -0.25) is 4.79 Å². The topological polar surface area (TPSA) is 130 Å². The average molecular weight is 493 g/mol. The van der Waals surface area contributed by atoms with Gasteiger partial charge in [0.2, 0.25) is 5.88 Å². The summed E-state index contributed by atoms with van der Waals surface area (Å²) in [6, 6.07) is 5.19. The number of amides is 1. The molecule has 3 aliphatic heterocycles. The molecule has 0 saturated carbocycles. The summed E-state index contributed by atoms with van der Waals surface area (Å²) in [5, 5.41) is 2.72. The fourth-order valence-electron chi connectivity index (χ4n) is 4.71. The molecular weight excluding hydrogens is 471 g/mol. The van der Waals surface area contributed by atoms with Gasteiger partial charge in [0.15, 0.2) is 6.61 Å².